The number of hydrogen-bond donors (Lipinski definition) is 0. The average molecular weight is 129 g/mol. The highest BCUT2D eigenvalue weighted by Crippen LogP contribution is 2.01. The lowest BCUT2D eigenvalue weighted by molar-refractivity contribution is 0.477. The zero-order chi connectivity index (χ0) is 6.85. The van der Waals surface area contributed by atoms with Crippen LogP contribution in [0.2, 0.25) is 0 Å². The van der Waals surface area contributed by atoms with Gasteiger partial charge in [-0.3, -0.25) is 0 Å². The zero-order valence-corrected chi connectivity index (χ0v) is 4.86. The van der Waals surface area contributed by atoms with Crippen molar-refractivity contribution < 1.29 is 8.78 Å². The molecule has 0 fully saturated rings. The van der Waals surface area contributed by atoms with E-state index in [1.807, 2.05) is 0 Å². The Morgan fingerprint density at radius 1 is 1.33 bits per heavy atom. The van der Waals surface area contributed by atoms with Gasteiger partial charge in [0, 0.05) is 5.69 Å². The topological polar surface area (TPSA) is 12.9 Å². The molecule has 0 aliphatic carbocycles. The van der Waals surface area contributed by atoms with Gasteiger partial charge in [0.25, 0.3) is 0 Å². The first kappa shape index (κ1) is 6.13. The second kappa shape index (κ2) is 2.09. The van der Waals surface area contributed by atoms with Crippen molar-refractivity contribution in [2.45, 2.75) is 6.92 Å². The molecule has 1 heterocycles. The van der Waals surface area contributed by atoms with E-state index >= 15 is 0 Å². The Bertz CT molecular complexity index is 222. The van der Waals surface area contributed by atoms with Crippen molar-refractivity contribution in [3.05, 3.63) is 29.6 Å². The third-order valence-corrected chi connectivity index (χ3v) is 0.942. The molecule has 3 heteroatoms. The largest absolute Gasteiger partial charge is 0.249 e. The number of hydrogen-bond acceptors (Lipinski definition) is 1. The summed E-state index contributed by atoms with van der Waals surface area (Å²) in [5.74, 6) is -1.93. The summed E-state index contributed by atoms with van der Waals surface area (Å²) in [7, 11) is 0. The van der Waals surface area contributed by atoms with Crippen molar-refractivity contribution in [2.75, 3.05) is 0 Å². The summed E-state index contributed by atoms with van der Waals surface area (Å²) in [6.45, 7) is 1.60. The lowest BCUT2D eigenvalue weighted by Crippen LogP contribution is -1.89. The second-order valence-electron chi connectivity index (χ2n) is 1.73. The van der Waals surface area contributed by atoms with Gasteiger partial charge in [-0.2, -0.15) is 4.39 Å². The van der Waals surface area contributed by atoms with Crippen LogP contribution >= 0.6 is 0 Å². The van der Waals surface area contributed by atoms with E-state index < -0.39 is 11.8 Å². The summed E-state index contributed by atoms with van der Waals surface area (Å²) < 4.78 is 24.2. The Morgan fingerprint density at radius 3 is 2.44 bits per heavy atom. The number of nitrogens with zero attached hydrogens (tertiary/aromatic N) is 1. The minimum atomic E-state index is -1.03. The summed E-state index contributed by atoms with van der Waals surface area (Å²) >= 11 is 0. The summed E-state index contributed by atoms with van der Waals surface area (Å²) in [4.78, 5) is 3.23. The first-order valence-electron chi connectivity index (χ1n) is 2.49. The molecule has 1 nitrogen and oxygen atoms in total. The standard InChI is InChI=1S/C6H5F2N/c1-4-2-3-5(7)6(8)9-4/h2-3H,1H3. The molecule has 1 aromatic rings. The van der Waals surface area contributed by atoms with E-state index in [-0.39, 0.29) is 0 Å². The van der Waals surface area contributed by atoms with Crippen molar-refractivity contribution >= 4 is 0 Å². The van der Waals surface area contributed by atoms with Gasteiger partial charge in [0.1, 0.15) is 0 Å². The monoisotopic (exact) mass is 129 g/mol. The number of rotatable bonds is 0. The molecule has 0 aliphatic rings. The third kappa shape index (κ3) is 1.22. The van der Waals surface area contributed by atoms with E-state index in [4.69, 9.17) is 0 Å². The Balaban J connectivity index is 3.17. The van der Waals surface area contributed by atoms with Crippen molar-refractivity contribution in [3.63, 3.8) is 0 Å². The molecular weight excluding hydrogens is 124 g/mol. The molecule has 0 radical (unpaired) electrons. The van der Waals surface area contributed by atoms with E-state index in [1.54, 1.807) is 6.92 Å². The molecule has 0 atom stereocenters. The fourth-order valence-corrected chi connectivity index (χ4v) is 0.508. The van der Waals surface area contributed by atoms with E-state index in [1.165, 1.54) is 6.07 Å². The van der Waals surface area contributed by atoms with Gasteiger partial charge in [-0.05, 0) is 19.1 Å². The quantitative estimate of drug-likeness (QED) is 0.485. The predicted octanol–water partition coefficient (Wildman–Crippen LogP) is 1.67. The number of aromatic nitrogens is 1. The molecular formula is C6H5F2N. The summed E-state index contributed by atoms with van der Waals surface area (Å²) in [6, 6.07) is 2.47. The van der Waals surface area contributed by atoms with Gasteiger partial charge in [0.2, 0.25) is 5.95 Å². The van der Waals surface area contributed by atoms with Gasteiger partial charge < -0.3 is 0 Å². The molecule has 9 heavy (non-hydrogen) atoms. The van der Waals surface area contributed by atoms with Crippen molar-refractivity contribution in [2.24, 2.45) is 0 Å². The zero-order valence-electron chi connectivity index (χ0n) is 4.86. The van der Waals surface area contributed by atoms with Gasteiger partial charge in [-0.15, -0.1) is 0 Å². The maximum absolute atomic E-state index is 12.1. The fourth-order valence-electron chi connectivity index (χ4n) is 0.508. The molecule has 48 valence electrons. The highest BCUT2D eigenvalue weighted by atomic mass is 19.2. The van der Waals surface area contributed by atoms with Crippen LogP contribution in [0.1, 0.15) is 5.69 Å². The van der Waals surface area contributed by atoms with Crippen LogP contribution in [0, 0.1) is 18.7 Å². The fraction of sp³-hybridized carbons (Fsp3) is 0.167. The van der Waals surface area contributed by atoms with Gasteiger partial charge in [-0.25, -0.2) is 9.37 Å². The third-order valence-electron chi connectivity index (χ3n) is 0.942. The highest BCUT2D eigenvalue weighted by Gasteiger charge is 1.99. The lowest BCUT2D eigenvalue weighted by Gasteiger charge is -1.90. The minimum Gasteiger partial charge on any atom is -0.223 e. The lowest BCUT2D eigenvalue weighted by atomic mass is 10.4. The van der Waals surface area contributed by atoms with Crippen molar-refractivity contribution in [1.29, 1.82) is 0 Å². The van der Waals surface area contributed by atoms with Gasteiger partial charge in [0.05, 0.1) is 0 Å². The van der Waals surface area contributed by atoms with Crippen LogP contribution < -0.4 is 0 Å². The van der Waals surface area contributed by atoms with Crippen LogP contribution in [0.4, 0.5) is 8.78 Å². The van der Waals surface area contributed by atoms with Crippen LogP contribution in [0.5, 0.6) is 0 Å². The predicted molar refractivity (Wildman–Crippen MR) is 28.9 cm³/mol. The number of pyridine rings is 1. The molecule has 0 aromatic carbocycles. The average Bonchev–Trinajstić information content (AvgIpc) is 1.80. The van der Waals surface area contributed by atoms with Crippen LogP contribution in [-0.4, -0.2) is 4.98 Å². The molecule has 1 aromatic heterocycles. The molecule has 0 N–H and O–H groups in total. The first-order chi connectivity index (χ1) is 4.20. The summed E-state index contributed by atoms with van der Waals surface area (Å²) in [6.07, 6.45) is 0. The van der Waals surface area contributed by atoms with E-state index in [0.717, 1.165) is 6.07 Å². The Morgan fingerprint density at radius 2 is 2.00 bits per heavy atom. The van der Waals surface area contributed by atoms with E-state index in [2.05, 4.69) is 4.98 Å². The summed E-state index contributed by atoms with van der Waals surface area (Å²) in [5, 5.41) is 0. The molecule has 0 unspecified atom stereocenters. The second-order valence-corrected chi connectivity index (χ2v) is 1.73. The van der Waals surface area contributed by atoms with E-state index in [0.29, 0.717) is 5.69 Å². The number of halogens is 2. The SMILES string of the molecule is Cc1ccc(F)c(F)n1. The van der Waals surface area contributed by atoms with Crippen LogP contribution in [0.25, 0.3) is 0 Å². The normalized spacial score (nSPS) is 9.67. The molecule has 1 rings (SSSR count). The number of aryl methyl sites for hydroxylation is 1. The Labute approximate surface area is 51.3 Å². The van der Waals surface area contributed by atoms with Crippen LogP contribution in [0.3, 0.4) is 0 Å². The minimum absolute atomic E-state index is 0.480. The molecule has 0 bridgehead atoms. The molecule has 0 saturated heterocycles. The summed E-state index contributed by atoms with van der Waals surface area (Å²) in [5.41, 5.74) is 0.480. The van der Waals surface area contributed by atoms with Crippen molar-refractivity contribution in [3.8, 4) is 0 Å². The van der Waals surface area contributed by atoms with Gasteiger partial charge in [-0.1, -0.05) is 0 Å². The molecule has 0 amide bonds. The Kier molecular flexibility index (Phi) is 1.42. The van der Waals surface area contributed by atoms with Crippen molar-refractivity contribution in [1.82, 2.24) is 4.98 Å². The van der Waals surface area contributed by atoms with Gasteiger partial charge >= 0.3 is 0 Å². The highest BCUT2D eigenvalue weighted by molar-refractivity contribution is 5.04. The maximum Gasteiger partial charge on any atom is 0.249 e. The van der Waals surface area contributed by atoms with E-state index in [9.17, 15) is 8.78 Å². The van der Waals surface area contributed by atoms with Crippen LogP contribution in [-0.2, 0) is 0 Å². The molecule has 0 aliphatic heterocycles. The maximum atomic E-state index is 12.1. The smallest absolute Gasteiger partial charge is 0.223 e. The molecule has 0 spiro atoms. The first-order valence-corrected chi connectivity index (χ1v) is 2.49. The van der Waals surface area contributed by atoms with Gasteiger partial charge in [0.15, 0.2) is 5.82 Å². The van der Waals surface area contributed by atoms with Crippen LogP contribution in [0.15, 0.2) is 12.1 Å². The Hall–Kier alpha value is -0.990. The molecule has 0 saturated carbocycles.